The highest BCUT2D eigenvalue weighted by molar-refractivity contribution is 5.78. The lowest BCUT2D eigenvalue weighted by Gasteiger charge is -2.26. The quantitative estimate of drug-likeness (QED) is 0.654. The van der Waals surface area contributed by atoms with Crippen LogP contribution in [0.1, 0.15) is 33.6 Å². The van der Waals surface area contributed by atoms with E-state index in [2.05, 4.69) is 4.98 Å². The zero-order chi connectivity index (χ0) is 16.5. The summed E-state index contributed by atoms with van der Waals surface area (Å²) in [5.74, 6) is -0.195. The van der Waals surface area contributed by atoms with Gasteiger partial charge in [0, 0.05) is 38.4 Å². The van der Waals surface area contributed by atoms with Gasteiger partial charge in [0.05, 0.1) is 19.4 Å². The minimum atomic E-state index is -0.311. The maximum absolute atomic E-state index is 12.3. The van der Waals surface area contributed by atoms with E-state index >= 15 is 0 Å². The molecule has 0 aliphatic heterocycles. The molecule has 1 aromatic heterocycles. The van der Waals surface area contributed by atoms with E-state index in [1.807, 2.05) is 24.6 Å². The summed E-state index contributed by atoms with van der Waals surface area (Å²) in [6, 6.07) is 0. The summed E-state index contributed by atoms with van der Waals surface area (Å²) in [4.78, 5) is 29.7. The van der Waals surface area contributed by atoms with Gasteiger partial charge in [-0.05, 0) is 12.3 Å². The van der Waals surface area contributed by atoms with Crippen LogP contribution in [0.3, 0.4) is 0 Å². The zero-order valence-corrected chi connectivity index (χ0v) is 14.0. The average Bonchev–Trinajstić information content (AvgIpc) is 2.97. The average molecular weight is 309 g/mol. The molecule has 1 atom stereocenters. The molecule has 1 aromatic rings. The topological polar surface area (TPSA) is 64.4 Å². The third-order valence-corrected chi connectivity index (χ3v) is 3.44. The van der Waals surface area contributed by atoms with Crippen LogP contribution in [-0.4, -0.2) is 46.5 Å². The monoisotopic (exact) mass is 309 g/mol. The number of esters is 1. The maximum atomic E-state index is 12.3. The van der Waals surface area contributed by atoms with Gasteiger partial charge in [-0.15, -0.1) is 0 Å². The second-order valence-electron chi connectivity index (χ2n) is 6.02. The van der Waals surface area contributed by atoms with Crippen molar-refractivity contribution in [1.29, 1.82) is 0 Å². The highest BCUT2D eigenvalue weighted by atomic mass is 16.5. The van der Waals surface area contributed by atoms with Gasteiger partial charge >= 0.3 is 5.97 Å². The molecule has 0 aromatic carbocycles. The van der Waals surface area contributed by atoms with Crippen LogP contribution in [0.25, 0.3) is 0 Å². The van der Waals surface area contributed by atoms with Crippen LogP contribution in [0, 0.1) is 11.8 Å². The molecule has 0 N–H and O–H groups in total. The second-order valence-corrected chi connectivity index (χ2v) is 6.02. The van der Waals surface area contributed by atoms with Crippen molar-refractivity contribution in [2.24, 2.45) is 11.8 Å². The number of carbonyl (C=O) groups is 2. The van der Waals surface area contributed by atoms with E-state index < -0.39 is 0 Å². The molecule has 6 nitrogen and oxygen atoms in total. The number of amides is 1. The second kappa shape index (κ2) is 9.23. The summed E-state index contributed by atoms with van der Waals surface area (Å²) in [6.07, 6.45) is 6.72. The molecule has 0 saturated heterocycles. The molecule has 0 radical (unpaired) electrons. The molecule has 0 aliphatic rings. The molecule has 1 heterocycles. The predicted molar refractivity (Wildman–Crippen MR) is 84.1 cm³/mol. The van der Waals surface area contributed by atoms with Gasteiger partial charge in [-0.2, -0.15) is 0 Å². The van der Waals surface area contributed by atoms with Gasteiger partial charge in [0.1, 0.15) is 0 Å². The third-order valence-electron chi connectivity index (χ3n) is 3.44. The standard InChI is InChI=1S/C16H27N3O3/c1-13(2)10-15(20)19(11-14(3)16(21)22-4)8-5-7-18-9-6-17-12-18/h6,9,12-14H,5,7-8,10-11H2,1-4H3. The molecule has 1 rings (SSSR count). The van der Waals surface area contributed by atoms with Crippen LogP contribution in [0.4, 0.5) is 0 Å². The number of hydrogen-bond donors (Lipinski definition) is 0. The smallest absolute Gasteiger partial charge is 0.310 e. The number of aryl methyl sites for hydroxylation is 1. The van der Waals surface area contributed by atoms with Crippen LogP contribution >= 0.6 is 0 Å². The van der Waals surface area contributed by atoms with Gasteiger partial charge in [0.25, 0.3) is 0 Å². The number of nitrogens with zero attached hydrogens (tertiary/aromatic N) is 3. The lowest BCUT2D eigenvalue weighted by atomic mass is 10.1. The summed E-state index contributed by atoms with van der Waals surface area (Å²) < 4.78 is 6.73. The van der Waals surface area contributed by atoms with E-state index in [1.54, 1.807) is 24.3 Å². The van der Waals surface area contributed by atoms with Crippen molar-refractivity contribution >= 4 is 11.9 Å². The molecule has 0 fully saturated rings. The SMILES string of the molecule is COC(=O)C(C)CN(CCCn1ccnc1)C(=O)CC(C)C. The Morgan fingerprint density at radius 3 is 2.59 bits per heavy atom. The number of methoxy groups -OCH3 is 1. The Balaban J connectivity index is 2.56. The first-order valence-corrected chi connectivity index (χ1v) is 7.75. The first-order chi connectivity index (χ1) is 10.4. The van der Waals surface area contributed by atoms with Crippen molar-refractivity contribution in [3.8, 4) is 0 Å². The van der Waals surface area contributed by atoms with E-state index in [0.29, 0.717) is 25.4 Å². The fraction of sp³-hybridized carbons (Fsp3) is 0.688. The van der Waals surface area contributed by atoms with Gasteiger partial charge in [-0.3, -0.25) is 9.59 Å². The van der Waals surface area contributed by atoms with Gasteiger partial charge in [-0.1, -0.05) is 20.8 Å². The summed E-state index contributed by atoms with van der Waals surface area (Å²) in [5, 5.41) is 0. The highest BCUT2D eigenvalue weighted by Crippen LogP contribution is 2.09. The highest BCUT2D eigenvalue weighted by Gasteiger charge is 2.21. The first kappa shape index (κ1) is 18.2. The minimum absolute atomic E-state index is 0.0939. The Hall–Kier alpha value is -1.85. The molecule has 0 saturated carbocycles. The number of imidazole rings is 1. The van der Waals surface area contributed by atoms with Crippen molar-refractivity contribution in [2.45, 2.75) is 40.2 Å². The molecule has 6 heteroatoms. The van der Waals surface area contributed by atoms with Crippen LogP contribution in [0.15, 0.2) is 18.7 Å². The Morgan fingerprint density at radius 1 is 1.32 bits per heavy atom. The van der Waals surface area contributed by atoms with Crippen LogP contribution < -0.4 is 0 Å². The molecule has 124 valence electrons. The fourth-order valence-corrected chi connectivity index (χ4v) is 2.27. The minimum Gasteiger partial charge on any atom is -0.469 e. The zero-order valence-electron chi connectivity index (χ0n) is 14.0. The summed E-state index contributed by atoms with van der Waals surface area (Å²) in [6.45, 7) is 7.67. The number of aromatic nitrogens is 2. The van der Waals surface area contributed by atoms with E-state index in [9.17, 15) is 9.59 Å². The predicted octanol–water partition coefficient (Wildman–Crippen LogP) is 1.96. The van der Waals surface area contributed by atoms with Crippen molar-refractivity contribution in [2.75, 3.05) is 20.2 Å². The molecule has 0 spiro atoms. The van der Waals surface area contributed by atoms with E-state index in [1.165, 1.54) is 7.11 Å². The van der Waals surface area contributed by atoms with Crippen LogP contribution in [0.2, 0.25) is 0 Å². The molecule has 0 aliphatic carbocycles. The lowest BCUT2D eigenvalue weighted by molar-refractivity contribution is -0.146. The fourth-order valence-electron chi connectivity index (χ4n) is 2.27. The molecule has 22 heavy (non-hydrogen) atoms. The van der Waals surface area contributed by atoms with Crippen molar-refractivity contribution in [3.63, 3.8) is 0 Å². The van der Waals surface area contributed by atoms with Crippen molar-refractivity contribution < 1.29 is 14.3 Å². The third kappa shape index (κ3) is 6.28. The Bertz CT molecular complexity index is 457. The Kier molecular flexibility index (Phi) is 7.63. The van der Waals surface area contributed by atoms with Crippen LogP contribution in [-0.2, 0) is 20.9 Å². The summed E-state index contributed by atoms with van der Waals surface area (Å²) >= 11 is 0. The number of carbonyl (C=O) groups excluding carboxylic acids is 2. The molecular weight excluding hydrogens is 282 g/mol. The van der Waals surface area contributed by atoms with Gasteiger partial charge < -0.3 is 14.2 Å². The molecule has 1 amide bonds. The van der Waals surface area contributed by atoms with Gasteiger partial charge in [0.15, 0.2) is 0 Å². The molecule has 0 bridgehead atoms. The van der Waals surface area contributed by atoms with E-state index in [0.717, 1.165) is 13.0 Å². The molecule has 1 unspecified atom stereocenters. The summed E-state index contributed by atoms with van der Waals surface area (Å²) in [7, 11) is 1.37. The largest absolute Gasteiger partial charge is 0.469 e. The molecular formula is C16H27N3O3. The number of ether oxygens (including phenoxy) is 1. The summed E-state index contributed by atoms with van der Waals surface area (Å²) in [5.41, 5.74) is 0. The van der Waals surface area contributed by atoms with Gasteiger partial charge in [0.2, 0.25) is 5.91 Å². The number of rotatable bonds is 9. The van der Waals surface area contributed by atoms with E-state index in [4.69, 9.17) is 4.74 Å². The first-order valence-electron chi connectivity index (χ1n) is 7.75. The Morgan fingerprint density at radius 2 is 2.05 bits per heavy atom. The van der Waals surface area contributed by atoms with Crippen molar-refractivity contribution in [1.82, 2.24) is 14.5 Å². The maximum Gasteiger partial charge on any atom is 0.310 e. The number of hydrogen-bond acceptors (Lipinski definition) is 4. The Labute approximate surface area is 132 Å². The van der Waals surface area contributed by atoms with Gasteiger partial charge in [-0.25, -0.2) is 4.98 Å². The van der Waals surface area contributed by atoms with Crippen molar-refractivity contribution in [3.05, 3.63) is 18.7 Å². The normalized spacial score (nSPS) is 12.2. The lowest BCUT2D eigenvalue weighted by Crippen LogP contribution is -2.38. The van der Waals surface area contributed by atoms with E-state index in [-0.39, 0.29) is 17.8 Å². The van der Waals surface area contributed by atoms with Crippen LogP contribution in [0.5, 0.6) is 0 Å².